The van der Waals surface area contributed by atoms with Crippen molar-refractivity contribution in [2.24, 2.45) is 0 Å². The molecule has 176 valence electrons. The van der Waals surface area contributed by atoms with Crippen LogP contribution in [0.5, 0.6) is 5.75 Å². The molecule has 0 bridgehead atoms. The molecule has 3 aromatic carbocycles. The maximum atomic E-state index is 14.0. The van der Waals surface area contributed by atoms with Gasteiger partial charge in [0.1, 0.15) is 5.75 Å². The molecule has 1 unspecified atom stereocenters. The SMILES string of the molecule is COc1ccc2[nH]c(C)c(C(C(=O)c3ccc(Cl)cc3)c3cc(=O)n(Cc4ccccc4)[nH]3)c2c1. The van der Waals surface area contributed by atoms with Gasteiger partial charge >= 0.3 is 0 Å². The third-order valence-electron chi connectivity index (χ3n) is 6.23. The monoisotopic (exact) mass is 485 g/mol. The normalized spacial score (nSPS) is 12.1. The summed E-state index contributed by atoms with van der Waals surface area (Å²) in [6.45, 7) is 2.31. The van der Waals surface area contributed by atoms with Crippen LogP contribution in [-0.4, -0.2) is 27.7 Å². The van der Waals surface area contributed by atoms with Crippen molar-refractivity contribution in [3.8, 4) is 5.75 Å². The van der Waals surface area contributed by atoms with Crippen LogP contribution < -0.4 is 10.3 Å². The minimum atomic E-state index is -0.734. The summed E-state index contributed by atoms with van der Waals surface area (Å²) in [6.07, 6.45) is 0. The van der Waals surface area contributed by atoms with Gasteiger partial charge in [0, 0.05) is 33.2 Å². The molecule has 0 spiro atoms. The Balaban J connectivity index is 1.67. The van der Waals surface area contributed by atoms with E-state index in [1.54, 1.807) is 31.4 Å². The van der Waals surface area contributed by atoms with E-state index in [1.165, 1.54) is 10.7 Å². The summed E-state index contributed by atoms with van der Waals surface area (Å²) in [4.78, 5) is 30.3. The fraction of sp³-hybridized carbons (Fsp3) is 0.143. The molecule has 0 aliphatic rings. The van der Waals surface area contributed by atoms with Crippen molar-refractivity contribution in [3.05, 3.63) is 122 Å². The lowest BCUT2D eigenvalue weighted by Gasteiger charge is -2.16. The van der Waals surface area contributed by atoms with Gasteiger partial charge in [0.25, 0.3) is 5.56 Å². The summed E-state index contributed by atoms with van der Waals surface area (Å²) >= 11 is 6.07. The Kier molecular flexibility index (Phi) is 6.05. The largest absolute Gasteiger partial charge is 0.497 e. The zero-order chi connectivity index (χ0) is 24.5. The van der Waals surface area contributed by atoms with Crippen molar-refractivity contribution >= 4 is 28.3 Å². The highest BCUT2D eigenvalue weighted by atomic mass is 35.5. The first-order valence-corrected chi connectivity index (χ1v) is 11.6. The van der Waals surface area contributed by atoms with Gasteiger partial charge in [-0.25, -0.2) is 4.68 Å². The highest BCUT2D eigenvalue weighted by Crippen LogP contribution is 2.36. The molecule has 2 N–H and O–H groups in total. The highest BCUT2D eigenvalue weighted by molar-refractivity contribution is 6.30. The van der Waals surface area contributed by atoms with E-state index in [0.29, 0.717) is 28.6 Å². The maximum Gasteiger partial charge on any atom is 0.267 e. The number of nitrogens with zero attached hydrogens (tertiary/aromatic N) is 1. The Morgan fingerprint density at radius 3 is 2.49 bits per heavy atom. The van der Waals surface area contributed by atoms with Gasteiger partial charge in [0.15, 0.2) is 5.78 Å². The van der Waals surface area contributed by atoms with Crippen molar-refractivity contribution < 1.29 is 9.53 Å². The first kappa shape index (κ1) is 22.7. The first-order valence-electron chi connectivity index (χ1n) is 11.2. The van der Waals surface area contributed by atoms with Crippen LogP contribution in [-0.2, 0) is 6.54 Å². The van der Waals surface area contributed by atoms with Gasteiger partial charge < -0.3 is 9.72 Å². The maximum absolute atomic E-state index is 14.0. The van der Waals surface area contributed by atoms with E-state index < -0.39 is 5.92 Å². The Morgan fingerprint density at radius 2 is 1.77 bits per heavy atom. The van der Waals surface area contributed by atoms with E-state index in [-0.39, 0.29) is 11.3 Å². The van der Waals surface area contributed by atoms with Crippen molar-refractivity contribution in [1.29, 1.82) is 0 Å². The van der Waals surface area contributed by atoms with E-state index in [9.17, 15) is 9.59 Å². The summed E-state index contributed by atoms with van der Waals surface area (Å²) in [6, 6.07) is 23.7. The average molecular weight is 486 g/mol. The number of Topliss-reactive ketones (excluding diaryl/α,β-unsaturated/α-hetero) is 1. The molecule has 7 heteroatoms. The molecule has 5 rings (SSSR count). The number of ether oxygens (including phenoxy) is 1. The number of rotatable bonds is 7. The number of H-pyrrole nitrogens is 2. The predicted octanol–water partition coefficient (Wildman–Crippen LogP) is 5.69. The van der Waals surface area contributed by atoms with E-state index in [4.69, 9.17) is 16.3 Å². The number of fused-ring (bicyclic) bond motifs is 1. The topological polar surface area (TPSA) is 79.9 Å². The molecule has 0 fully saturated rings. The Hall–Kier alpha value is -4.03. The number of ketones is 1. The molecule has 0 saturated heterocycles. The molecule has 1 atom stereocenters. The van der Waals surface area contributed by atoms with E-state index in [2.05, 4.69) is 10.1 Å². The summed E-state index contributed by atoms with van der Waals surface area (Å²) < 4.78 is 6.97. The van der Waals surface area contributed by atoms with Gasteiger partial charge in [-0.1, -0.05) is 41.9 Å². The third kappa shape index (κ3) is 4.40. The van der Waals surface area contributed by atoms with Crippen molar-refractivity contribution in [3.63, 3.8) is 0 Å². The standard InChI is InChI=1S/C28H24ClN3O3/c1-17-26(22-14-21(35-2)12-13-23(22)30-17)27(28(34)19-8-10-20(29)11-9-19)24-15-25(33)32(31-24)16-18-6-4-3-5-7-18/h3-15,27,30-31H,16H2,1-2H3. The molecule has 0 amide bonds. The number of nitrogens with one attached hydrogen (secondary N) is 2. The fourth-order valence-corrected chi connectivity index (χ4v) is 4.65. The van der Waals surface area contributed by atoms with Gasteiger partial charge in [0.2, 0.25) is 0 Å². The smallest absolute Gasteiger partial charge is 0.267 e. The molecular formula is C28H24ClN3O3. The van der Waals surface area contributed by atoms with Crippen LogP contribution in [0.25, 0.3) is 10.9 Å². The summed E-state index contributed by atoms with van der Waals surface area (Å²) in [5.74, 6) is -0.186. The van der Waals surface area contributed by atoms with Crippen molar-refractivity contribution in [1.82, 2.24) is 14.8 Å². The Labute approximate surface area is 207 Å². The second-order valence-corrected chi connectivity index (χ2v) is 8.94. The number of halogens is 1. The van der Waals surface area contributed by atoms with Gasteiger partial charge in [-0.2, -0.15) is 0 Å². The number of aryl methyl sites for hydroxylation is 1. The van der Waals surface area contributed by atoms with E-state index in [1.807, 2.05) is 55.5 Å². The fourth-order valence-electron chi connectivity index (χ4n) is 4.52. The zero-order valence-corrected chi connectivity index (χ0v) is 20.1. The van der Waals surface area contributed by atoms with Crippen LogP contribution >= 0.6 is 11.6 Å². The van der Waals surface area contributed by atoms with E-state index >= 15 is 0 Å². The molecule has 5 aromatic rings. The molecular weight excluding hydrogens is 462 g/mol. The third-order valence-corrected chi connectivity index (χ3v) is 6.48. The molecule has 0 aliphatic carbocycles. The number of aromatic nitrogens is 3. The molecule has 0 radical (unpaired) electrons. The summed E-state index contributed by atoms with van der Waals surface area (Å²) in [5.41, 5.74) is 4.34. The second kappa shape index (κ2) is 9.31. The number of carbonyl (C=O) groups is 1. The lowest BCUT2D eigenvalue weighted by molar-refractivity contribution is 0.0972. The molecule has 0 saturated carbocycles. The number of aromatic amines is 2. The molecule has 35 heavy (non-hydrogen) atoms. The average Bonchev–Trinajstić information content (AvgIpc) is 3.38. The Bertz CT molecular complexity index is 1560. The lowest BCUT2D eigenvalue weighted by atomic mass is 9.86. The zero-order valence-electron chi connectivity index (χ0n) is 19.3. The highest BCUT2D eigenvalue weighted by Gasteiger charge is 2.31. The lowest BCUT2D eigenvalue weighted by Crippen LogP contribution is -2.17. The van der Waals surface area contributed by atoms with Gasteiger partial charge in [-0.05, 0) is 60.5 Å². The Morgan fingerprint density at radius 1 is 1.03 bits per heavy atom. The van der Waals surface area contributed by atoms with Gasteiger partial charge in [-0.15, -0.1) is 0 Å². The molecule has 2 aromatic heterocycles. The van der Waals surface area contributed by atoms with E-state index in [0.717, 1.165) is 27.7 Å². The summed E-state index contributed by atoms with van der Waals surface area (Å²) in [7, 11) is 1.61. The number of methoxy groups -OCH3 is 1. The van der Waals surface area contributed by atoms with Crippen LogP contribution in [0.3, 0.4) is 0 Å². The predicted molar refractivity (Wildman–Crippen MR) is 138 cm³/mol. The number of hydrogen-bond acceptors (Lipinski definition) is 3. The quantitative estimate of drug-likeness (QED) is 0.290. The summed E-state index contributed by atoms with van der Waals surface area (Å²) in [5, 5.41) is 4.63. The van der Waals surface area contributed by atoms with Crippen molar-refractivity contribution in [2.75, 3.05) is 7.11 Å². The number of carbonyl (C=O) groups excluding carboxylic acids is 1. The second-order valence-electron chi connectivity index (χ2n) is 8.50. The minimum Gasteiger partial charge on any atom is -0.497 e. The molecule has 0 aliphatic heterocycles. The van der Waals surface area contributed by atoms with Crippen LogP contribution in [0.15, 0.2) is 83.7 Å². The number of benzene rings is 3. The number of hydrogen-bond donors (Lipinski definition) is 2. The van der Waals surface area contributed by atoms with Crippen LogP contribution in [0.4, 0.5) is 0 Å². The van der Waals surface area contributed by atoms with Gasteiger partial charge in [-0.3, -0.25) is 14.7 Å². The molecule has 6 nitrogen and oxygen atoms in total. The van der Waals surface area contributed by atoms with Gasteiger partial charge in [0.05, 0.1) is 25.3 Å². The first-order chi connectivity index (χ1) is 16.9. The van der Waals surface area contributed by atoms with Crippen molar-refractivity contribution in [2.45, 2.75) is 19.4 Å². The van der Waals surface area contributed by atoms with Crippen LogP contribution in [0.1, 0.15) is 38.8 Å². The van der Waals surface area contributed by atoms with Crippen LogP contribution in [0.2, 0.25) is 5.02 Å². The van der Waals surface area contributed by atoms with Crippen LogP contribution in [0, 0.1) is 6.92 Å². The minimum absolute atomic E-state index is 0.137. The molecule has 2 heterocycles.